The van der Waals surface area contributed by atoms with Crippen LogP contribution >= 0.6 is 11.3 Å². The topological polar surface area (TPSA) is 71.1 Å². The van der Waals surface area contributed by atoms with Crippen molar-refractivity contribution >= 4 is 23.2 Å². The lowest BCUT2D eigenvalue weighted by Crippen LogP contribution is -2.44. The number of hydrogen-bond acceptors (Lipinski definition) is 4. The van der Waals surface area contributed by atoms with Gasteiger partial charge in [0.1, 0.15) is 0 Å². The molecule has 2 amide bonds. The third-order valence-corrected chi connectivity index (χ3v) is 6.51. The Labute approximate surface area is 180 Å². The van der Waals surface area contributed by atoms with Gasteiger partial charge >= 0.3 is 0 Å². The van der Waals surface area contributed by atoms with Gasteiger partial charge in [0.15, 0.2) is 0 Å². The van der Waals surface area contributed by atoms with Crippen LogP contribution in [0.1, 0.15) is 47.7 Å². The minimum atomic E-state index is -0.335. The van der Waals surface area contributed by atoms with Crippen molar-refractivity contribution in [2.75, 3.05) is 0 Å². The average Bonchev–Trinajstić information content (AvgIpc) is 3.42. The molecule has 3 aromatic rings. The van der Waals surface area contributed by atoms with Crippen molar-refractivity contribution in [3.8, 4) is 0 Å². The van der Waals surface area contributed by atoms with E-state index in [9.17, 15) is 9.59 Å². The maximum Gasteiger partial charge on any atom is 0.220 e. The van der Waals surface area contributed by atoms with Gasteiger partial charge in [-0.3, -0.25) is 14.6 Å². The number of carbonyl (C=O) groups is 2. The van der Waals surface area contributed by atoms with E-state index < -0.39 is 0 Å². The molecule has 6 heteroatoms. The number of benzene rings is 1. The fraction of sp³-hybridized carbons (Fsp3) is 0.292. The molecule has 1 saturated heterocycles. The Morgan fingerprint density at radius 3 is 2.53 bits per heavy atom. The van der Waals surface area contributed by atoms with E-state index in [1.165, 1.54) is 4.88 Å². The van der Waals surface area contributed by atoms with Gasteiger partial charge in [0.2, 0.25) is 11.8 Å². The van der Waals surface area contributed by atoms with E-state index >= 15 is 0 Å². The molecule has 2 N–H and O–H groups in total. The summed E-state index contributed by atoms with van der Waals surface area (Å²) in [7, 11) is 0. The summed E-state index contributed by atoms with van der Waals surface area (Å²) in [5.74, 6) is 0.0540. The molecule has 0 aliphatic carbocycles. The maximum absolute atomic E-state index is 12.9. The molecular weight excluding hydrogens is 394 g/mol. The van der Waals surface area contributed by atoms with Gasteiger partial charge in [-0.1, -0.05) is 36.4 Å². The van der Waals surface area contributed by atoms with E-state index in [4.69, 9.17) is 0 Å². The predicted molar refractivity (Wildman–Crippen MR) is 118 cm³/mol. The first kappa shape index (κ1) is 20.3. The number of nitrogens with one attached hydrogen (secondary N) is 2. The third kappa shape index (κ3) is 4.94. The first-order valence-electron chi connectivity index (χ1n) is 10.2. The van der Waals surface area contributed by atoms with Crippen LogP contribution < -0.4 is 10.6 Å². The van der Waals surface area contributed by atoms with E-state index in [-0.39, 0.29) is 23.4 Å². The molecule has 1 fully saturated rings. The molecule has 3 heterocycles. The van der Waals surface area contributed by atoms with Crippen LogP contribution in [-0.2, 0) is 16.0 Å². The Morgan fingerprint density at radius 1 is 1.10 bits per heavy atom. The first-order valence-corrected chi connectivity index (χ1v) is 11.1. The predicted octanol–water partition coefficient (Wildman–Crippen LogP) is 4.02. The van der Waals surface area contributed by atoms with Crippen LogP contribution in [0.5, 0.6) is 0 Å². The fourth-order valence-corrected chi connectivity index (χ4v) is 4.92. The monoisotopic (exact) mass is 419 g/mol. The molecule has 0 radical (unpaired) electrons. The summed E-state index contributed by atoms with van der Waals surface area (Å²) in [4.78, 5) is 30.2. The zero-order valence-electron chi connectivity index (χ0n) is 16.7. The van der Waals surface area contributed by atoms with Gasteiger partial charge in [-0.15, -0.1) is 11.3 Å². The smallest absolute Gasteiger partial charge is 0.220 e. The minimum absolute atomic E-state index is 0.0210. The third-order valence-electron chi connectivity index (χ3n) is 5.64. The summed E-state index contributed by atoms with van der Waals surface area (Å²) in [5, 5.41) is 8.39. The number of amides is 2. The van der Waals surface area contributed by atoms with Crippen LogP contribution in [0.4, 0.5) is 0 Å². The summed E-state index contributed by atoms with van der Waals surface area (Å²) in [6.07, 6.45) is 6.53. The Balaban J connectivity index is 1.46. The van der Waals surface area contributed by atoms with E-state index in [2.05, 4.69) is 21.7 Å². The quantitative estimate of drug-likeness (QED) is 0.579. The highest BCUT2D eigenvalue weighted by Gasteiger charge is 2.38. The van der Waals surface area contributed by atoms with Gasteiger partial charge in [0.25, 0.3) is 0 Å². The molecule has 0 bridgehead atoms. The highest BCUT2D eigenvalue weighted by atomic mass is 32.1. The van der Waals surface area contributed by atoms with Crippen molar-refractivity contribution < 1.29 is 9.59 Å². The average molecular weight is 420 g/mol. The summed E-state index contributed by atoms with van der Waals surface area (Å²) in [6, 6.07) is 17.7. The molecule has 0 spiro atoms. The molecular formula is C24H25N3O2S. The molecule has 2 unspecified atom stereocenters. The molecule has 1 aliphatic heterocycles. The zero-order valence-corrected chi connectivity index (χ0v) is 17.5. The highest BCUT2D eigenvalue weighted by molar-refractivity contribution is 7.09. The molecule has 1 aliphatic rings. The SMILES string of the molecule is O=C(CCC1(Cc2cccs2)CCC(=O)N1)NC(c1ccccc1)c1ccncc1. The van der Waals surface area contributed by atoms with Gasteiger partial charge in [0, 0.05) is 42.1 Å². The number of nitrogens with zero attached hydrogens (tertiary/aromatic N) is 1. The summed E-state index contributed by atoms with van der Waals surface area (Å²) in [6.45, 7) is 0. The van der Waals surface area contributed by atoms with E-state index in [0.717, 1.165) is 24.0 Å². The minimum Gasteiger partial charge on any atom is -0.350 e. The maximum atomic E-state index is 12.9. The van der Waals surface area contributed by atoms with Crippen molar-refractivity contribution in [2.45, 2.75) is 43.7 Å². The van der Waals surface area contributed by atoms with Gasteiger partial charge in [-0.25, -0.2) is 0 Å². The first-order chi connectivity index (χ1) is 14.6. The lowest BCUT2D eigenvalue weighted by Gasteiger charge is -2.29. The van der Waals surface area contributed by atoms with E-state index in [1.54, 1.807) is 23.7 Å². The Hall–Kier alpha value is -2.99. The molecule has 30 heavy (non-hydrogen) atoms. The van der Waals surface area contributed by atoms with Crippen molar-refractivity contribution in [1.29, 1.82) is 0 Å². The second kappa shape index (κ2) is 9.22. The van der Waals surface area contributed by atoms with Gasteiger partial charge < -0.3 is 10.6 Å². The van der Waals surface area contributed by atoms with Crippen molar-refractivity contribution in [2.24, 2.45) is 0 Å². The molecule has 154 valence electrons. The van der Waals surface area contributed by atoms with Crippen LogP contribution in [-0.4, -0.2) is 22.3 Å². The number of rotatable bonds is 8. The summed E-state index contributed by atoms with van der Waals surface area (Å²) >= 11 is 1.69. The number of pyridine rings is 1. The number of aromatic nitrogens is 1. The summed E-state index contributed by atoms with van der Waals surface area (Å²) < 4.78 is 0. The number of carbonyl (C=O) groups excluding carboxylic acids is 2. The van der Waals surface area contributed by atoms with Crippen molar-refractivity contribution in [1.82, 2.24) is 15.6 Å². The van der Waals surface area contributed by atoms with Crippen LogP contribution in [0.2, 0.25) is 0 Å². The normalized spacial score (nSPS) is 19.3. The van der Waals surface area contributed by atoms with Crippen molar-refractivity contribution in [3.05, 3.63) is 88.4 Å². The van der Waals surface area contributed by atoms with E-state index in [0.29, 0.717) is 19.3 Å². The van der Waals surface area contributed by atoms with Crippen LogP contribution in [0.3, 0.4) is 0 Å². The standard InChI is InChI=1S/C24H25N3O2S/c28-21(8-12-24(13-9-22(29)27-24)17-20-7-4-16-30-20)26-23(18-5-2-1-3-6-18)19-10-14-25-15-11-19/h1-7,10-11,14-16,23H,8-9,12-13,17H2,(H,26,28)(H,27,29). The van der Waals surface area contributed by atoms with Gasteiger partial charge in [-0.05, 0) is 47.5 Å². The largest absolute Gasteiger partial charge is 0.350 e. The highest BCUT2D eigenvalue weighted by Crippen LogP contribution is 2.31. The van der Waals surface area contributed by atoms with Crippen LogP contribution in [0.15, 0.2) is 72.4 Å². The molecule has 1 aromatic carbocycles. The second-order valence-electron chi connectivity index (χ2n) is 7.78. The van der Waals surface area contributed by atoms with Crippen LogP contribution in [0.25, 0.3) is 0 Å². The van der Waals surface area contributed by atoms with Crippen molar-refractivity contribution in [3.63, 3.8) is 0 Å². The second-order valence-corrected chi connectivity index (χ2v) is 8.81. The molecule has 2 aromatic heterocycles. The Kier molecular flexibility index (Phi) is 6.23. The van der Waals surface area contributed by atoms with Gasteiger partial charge in [-0.2, -0.15) is 0 Å². The summed E-state index contributed by atoms with van der Waals surface area (Å²) in [5.41, 5.74) is 1.68. The van der Waals surface area contributed by atoms with Crippen LogP contribution in [0, 0.1) is 0 Å². The number of thiophene rings is 1. The zero-order chi connectivity index (χ0) is 20.8. The van der Waals surface area contributed by atoms with Gasteiger partial charge in [0.05, 0.1) is 6.04 Å². The molecule has 4 rings (SSSR count). The lowest BCUT2D eigenvalue weighted by molar-refractivity contribution is -0.123. The lowest BCUT2D eigenvalue weighted by atomic mass is 9.87. The molecule has 2 atom stereocenters. The fourth-order valence-electron chi connectivity index (χ4n) is 4.08. The number of hydrogen-bond donors (Lipinski definition) is 2. The van der Waals surface area contributed by atoms with E-state index in [1.807, 2.05) is 53.9 Å². The molecule has 5 nitrogen and oxygen atoms in total. The molecule has 0 saturated carbocycles. The Morgan fingerprint density at radius 2 is 1.87 bits per heavy atom. The Bertz CT molecular complexity index is 937.